The lowest BCUT2D eigenvalue weighted by Crippen LogP contribution is -2.37. The van der Waals surface area contributed by atoms with Crippen LogP contribution in [-0.4, -0.2) is 44.0 Å². The van der Waals surface area contributed by atoms with E-state index in [2.05, 4.69) is 0 Å². The van der Waals surface area contributed by atoms with Crippen LogP contribution in [0.5, 0.6) is 11.5 Å². The highest BCUT2D eigenvalue weighted by atomic mass is 16.5. The zero-order valence-corrected chi connectivity index (χ0v) is 23.3. The largest absolute Gasteiger partial charge is 0.478 e. The van der Waals surface area contributed by atoms with E-state index < -0.39 is 52.1 Å². The van der Waals surface area contributed by atoms with E-state index in [1.54, 1.807) is 48.5 Å². The van der Waals surface area contributed by atoms with Crippen LogP contribution in [0.3, 0.4) is 0 Å². The Bertz CT molecular complexity index is 1820. The topological polar surface area (TPSA) is 165 Å². The lowest BCUT2D eigenvalue weighted by atomic mass is 9.86. The zero-order valence-electron chi connectivity index (χ0n) is 23.3. The molecule has 1 aliphatic carbocycles. The van der Waals surface area contributed by atoms with Crippen LogP contribution in [0.2, 0.25) is 0 Å². The molecular weight excluding hydrogens is 564 g/mol. The number of carboxylic acids is 3. The first-order chi connectivity index (χ1) is 21.2. The predicted molar refractivity (Wildman–Crippen MR) is 157 cm³/mol. The van der Waals surface area contributed by atoms with E-state index in [0.29, 0.717) is 29.0 Å². The molecule has 3 N–H and O–H groups in total. The summed E-state index contributed by atoms with van der Waals surface area (Å²) in [7, 11) is 0. The molecule has 0 saturated carbocycles. The number of benzene rings is 4. The Balaban J connectivity index is 1.58. The van der Waals surface area contributed by atoms with Crippen molar-refractivity contribution in [2.24, 2.45) is 0 Å². The summed E-state index contributed by atoms with van der Waals surface area (Å²) in [4.78, 5) is 51.8. The van der Waals surface area contributed by atoms with Crippen molar-refractivity contribution in [1.82, 2.24) is 4.90 Å². The van der Waals surface area contributed by atoms with Gasteiger partial charge < -0.3 is 25.0 Å². The van der Waals surface area contributed by atoms with Gasteiger partial charge in [-0.05, 0) is 84.5 Å². The van der Waals surface area contributed by atoms with E-state index in [1.807, 2.05) is 30.3 Å². The number of ether oxygens (including phenoxy) is 1. The second-order valence-electron chi connectivity index (χ2n) is 10.3. The molecule has 1 aliphatic rings. The van der Waals surface area contributed by atoms with E-state index >= 15 is 0 Å². The molecule has 4 aromatic rings. The van der Waals surface area contributed by atoms with Gasteiger partial charge in [0.15, 0.2) is 0 Å². The predicted octanol–water partition coefficient (Wildman–Crippen LogP) is 6.17. The summed E-state index contributed by atoms with van der Waals surface area (Å²) in [6.07, 6.45) is 2.14. The fourth-order valence-corrected chi connectivity index (χ4v) is 5.48. The molecule has 0 radical (unpaired) electrons. The molecule has 0 unspecified atom stereocenters. The standard InChI is InChI=1S/C34H26N2O8/c35-18-20-11-13-23(14-12-20)44-24-8-3-5-21(15-24)19-36(30-10-4-7-22-6-1-2-9-25(22)30)31(37)26-16-28(33(40)41)29(34(42)43)17-27(26)32(38)39/h1-3,5-6,8-9,11-17,30H,4,7,10,19H2,(H,38,39)(H,40,41)(H,42,43)/t30-/m0/s1. The van der Waals surface area contributed by atoms with Crippen LogP contribution in [0.25, 0.3) is 0 Å². The summed E-state index contributed by atoms with van der Waals surface area (Å²) < 4.78 is 5.96. The number of aryl methyl sites for hydroxylation is 1. The van der Waals surface area contributed by atoms with Crippen molar-refractivity contribution in [3.05, 3.63) is 129 Å². The van der Waals surface area contributed by atoms with E-state index in [-0.39, 0.29) is 6.54 Å². The third-order valence-electron chi connectivity index (χ3n) is 7.52. The summed E-state index contributed by atoms with van der Waals surface area (Å²) in [6.45, 7) is 0.0184. The molecule has 0 bridgehead atoms. The average molecular weight is 591 g/mol. The Kier molecular flexibility index (Phi) is 8.40. The minimum Gasteiger partial charge on any atom is -0.478 e. The Morgan fingerprint density at radius 3 is 2.07 bits per heavy atom. The maximum Gasteiger partial charge on any atom is 0.336 e. The number of carboxylic acid groups (broad SMARTS) is 3. The van der Waals surface area contributed by atoms with Crippen molar-refractivity contribution in [2.75, 3.05) is 0 Å². The molecule has 0 aliphatic heterocycles. The number of nitrogens with zero attached hydrogens (tertiary/aromatic N) is 2. The van der Waals surface area contributed by atoms with E-state index in [4.69, 9.17) is 10.00 Å². The summed E-state index contributed by atoms with van der Waals surface area (Å²) in [6, 6.07) is 24.4. The third-order valence-corrected chi connectivity index (χ3v) is 7.52. The molecule has 0 aromatic heterocycles. The van der Waals surface area contributed by atoms with Crippen LogP contribution < -0.4 is 4.74 Å². The van der Waals surface area contributed by atoms with Gasteiger partial charge in [-0.25, -0.2) is 14.4 Å². The van der Waals surface area contributed by atoms with Crippen molar-refractivity contribution < 1.29 is 39.2 Å². The molecule has 10 heteroatoms. The highest BCUT2D eigenvalue weighted by Crippen LogP contribution is 2.37. The number of carbonyl (C=O) groups is 4. The maximum absolute atomic E-state index is 14.3. The molecule has 10 nitrogen and oxygen atoms in total. The summed E-state index contributed by atoms with van der Waals surface area (Å²) in [5.41, 5.74) is 0.639. The number of fused-ring (bicyclic) bond motifs is 1. The van der Waals surface area contributed by atoms with Gasteiger partial charge in [-0.1, -0.05) is 36.4 Å². The lowest BCUT2D eigenvalue weighted by molar-refractivity contribution is 0.0611. The van der Waals surface area contributed by atoms with Gasteiger partial charge in [-0.3, -0.25) is 4.79 Å². The van der Waals surface area contributed by atoms with Gasteiger partial charge in [0.1, 0.15) is 11.5 Å². The van der Waals surface area contributed by atoms with Gasteiger partial charge in [-0.2, -0.15) is 5.26 Å². The van der Waals surface area contributed by atoms with Crippen LogP contribution in [0.4, 0.5) is 0 Å². The molecule has 1 atom stereocenters. The number of hydrogen-bond donors (Lipinski definition) is 3. The SMILES string of the molecule is N#Cc1ccc(Oc2cccc(CN(C(=O)c3cc(C(=O)O)c(C(=O)O)cc3C(=O)O)[C@H]3CCCc4ccccc43)c2)cc1. The van der Waals surface area contributed by atoms with Gasteiger partial charge in [0.25, 0.3) is 5.91 Å². The minimum absolute atomic E-state index is 0.0184. The van der Waals surface area contributed by atoms with Gasteiger partial charge in [-0.15, -0.1) is 0 Å². The summed E-state index contributed by atoms with van der Waals surface area (Å²) >= 11 is 0. The number of nitriles is 1. The van der Waals surface area contributed by atoms with E-state index in [1.165, 1.54) is 4.90 Å². The minimum atomic E-state index is -1.62. The monoisotopic (exact) mass is 590 g/mol. The first kappa shape index (κ1) is 29.5. The van der Waals surface area contributed by atoms with Crippen LogP contribution in [0, 0.1) is 11.3 Å². The average Bonchev–Trinajstić information content (AvgIpc) is 3.03. The third kappa shape index (κ3) is 6.12. The normalized spacial score (nSPS) is 13.7. The van der Waals surface area contributed by atoms with Crippen LogP contribution in [0.1, 0.15) is 82.6 Å². The van der Waals surface area contributed by atoms with Crippen molar-refractivity contribution in [3.8, 4) is 17.6 Å². The van der Waals surface area contributed by atoms with Crippen molar-refractivity contribution >= 4 is 23.8 Å². The Hall–Kier alpha value is -5.95. The first-order valence-electron chi connectivity index (χ1n) is 13.7. The maximum atomic E-state index is 14.3. The van der Waals surface area contributed by atoms with Gasteiger partial charge in [0, 0.05) is 6.54 Å². The number of aromatic carboxylic acids is 3. The molecule has 1 amide bonds. The van der Waals surface area contributed by atoms with Crippen LogP contribution in [-0.2, 0) is 13.0 Å². The van der Waals surface area contributed by atoms with Gasteiger partial charge in [0.05, 0.1) is 39.9 Å². The molecule has 5 rings (SSSR count). The highest BCUT2D eigenvalue weighted by molar-refractivity contribution is 6.10. The van der Waals surface area contributed by atoms with Gasteiger partial charge in [0.2, 0.25) is 0 Å². The smallest absolute Gasteiger partial charge is 0.336 e. The number of carbonyl (C=O) groups excluding carboxylic acids is 1. The summed E-state index contributed by atoms with van der Waals surface area (Å²) in [5.74, 6) is -4.57. The first-order valence-corrected chi connectivity index (χ1v) is 13.7. The highest BCUT2D eigenvalue weighted by Gasteiger charge is 2.33. The molecule has 0 heterocycles. The number of amides is 1. The zero-order chi connectivity index (χ0) is 31.4. The second-order valence-corrected chi connectivity index (χ2v) is 10.3. The second kappa shape index (κ2) is 12.5. The molecule has 4 aromatic carbocycles. The number of rotatable bonds is 9. The van der Waals surface area contributed by atoms with Crippen LogP contribution in [0.15, 0.2) is 84.9 Å². The van der Waals surface area contributed by atoms with E-state index in [0.717, 1.165) is 36.1 Å². The molecule has 0 fully saturated rings. The van der Waals surface area contributed by atoms with E-state index in [9.17, 15) is 34.5 Å². The fraction of sp³-hybridized carbons (Fsp3) is 0.147. The van der Waals surface area contributed by atoms with Crippen molar-refractivity contribution in [3.63, 3.8) is 0 Å². The fourth-order valence-electron chi connectivity index (χ4n) is 5.48. The quantitative estimate of drug-likeness (QED) is 0.207. The Morgan fingerprint density at radius 1 is 0.773 bits per heavy atom. The molecule has 44 heavy (non-hydrogen) atoms. The molecule has 0 saturated heterocycles. The Labute approximate surface area is 252 Å². The number of hydrogen-bond acceptors (Lipinski definition) is 6. The van der Waals surface area contributed by atoms with Gasteiger partial charge >= 0.3 is 17.9 Å². The molecule has 220 valence electrons. The van der Waals surface area contributed by atoms with Crippen LogP contribution >= 0.6 is 0 Å². The Morgan fingerprint density at radius 2 is 1.41 bits per heavy atom. The van der Waals surface area contributed by atoms with Crippen molar-refractivity contribution in [2.45, 2.75) is 31.8 Å². The summed E-state index contributed by atoms with van der Waals surface area (Å²) in [5, 5.41) is 38.3. The molecular formula is C34H26N2O8. The van der Waals surface area contributed by atoms with Crippen molar-refractivity contribution in [1.29, 1.82) is 5.26 Å². The molecule has 0 spiro atoms. The lowest BCUT2D eigenvalue weighted by Gasteiger charge is -2.36.